The molecule has 5 atom stereocenters. The fourth-order valence-electron chi connectivity index (χ4n) is 2.93. The summed E-state index contributed by atoms with van der Waals surface area (Å²) in [5.41, 5.74) is 8.33. The van der Waals surface area contributed by atoms with Gasteiger partial charge in [0.25, 0.3) is 0 Å². The maximum Gasteiger partial charge on any atom is 0.338 e. The number of ether oxygens (including phenoxy) is 5. The van der Waals surface area contributed by atoms with Gasteiger partial charge >= 0.3 is 5.97 Å². The number of benzene rings is 1. The van der Waals surface area contributed by atoms with Crippen LogP contribution in [0.25, 0.3) is 10.4 Å². The largest absolute Gasteiger partial charge is 0.790 e. The normalized spacial score (nSPS) is 24.5. The molecule has 0 spiro atoms. The first-order valence-electron chi connectivity index (χ1n) is 10.4. The zero-order chi connectivity index (χ0) is 25.7. The van der Waals surface area contributed by atoms with Crippen molar-refractivity contribution in [1.29, 1.82) is 0 Å². The molecular weight excluding hydrogens is 493 g/mol. The maximum absolute atomic E-state index is 12.5. The van der Waals surface area contributed by atoms with Gasteiger partial charge in [-0.3, -0.25) is 0 Å². The highest BCUT2D eigenvalue weighted by Crippen LogP contribution is 2.30. The molecule has 1 aromatic rings. The smallest absolute Gasteiger partial charge is 0.338 e. The summed E-state index contributed by atoms with van der Waals surface area (Å²) in [7, 11) is -5.38. The van der Waals surface area contributed by atoms with E-state index in [1.807, 2.05) is 0 Å². The minimum Gasteiger partial charge on any atom is -0.790 e. The van der Waals surface area contributed by atoms with Crippen molar-refractivity contribution < 1.29 is 57.6 Å². The van der Waals surface area contributed by atoms with Gasteiger partial charge in [0.1, 0.15) is 18.3 Å². The van der Waals surface area contributed by atoms with Gasteiger partial charge in [0.2, 0.25) is 0 Å². The van der Waals surface area contributed by atoms with Crippen LogP contribution in [0, 0.1) is 0 Å². The molecule has 1 fully saturated rings. The van der Waals surface area contributed by atoms with E-state index < -0.39 is 51.1 Å². The van der Waals surface area contributed by atoms with Crippen molar-refractivity contribution >= 4 is 13.8 Å². The Labute approximate surface area is 200 Å². The number of phosphoric acid groups is 1. The molecule has 1 saturated heterocycles. The van der Waals surface area contributed by atoms with E-state index >= 15 is 0 Å². The second-order valence-electron chi connectivity index (χ2n) is 7.05. The van der Waals surface area contributed by atoms with Gasteiger partial charge in [0, 0.05) is 11.5 Å². The Bertz CT molecular complexity index is 866. The van der Waals surface area contributed by atoms with E-state index in [9.17, 15) is 29.4 Å². The monoisotopic (exact) mass is 519 g/mol. The number of esters is 1. The van der Waals surface area contributed by atoms with Crippen molar-refractivity contribution in [1.82, 2.24) is 0 Å². The topological polar surface area (TPSA) is 225 Å². The molecule has 2 N–H and O–H groups in total. The highest BCUT2D eigenvalue weighted by molar-refractivity contribution is 7.43. The molecule has 16 heteroatoms. The van der Waals surface area contributed by atoms with Gasteiger partial charge in [-0.05, 0) is 17.7 Å². The number of carbonyl (C=O) groups excluding carboxylic acids is 1. The Morgan fingerprint density at radius 3 is 2.40 bits per heavy atom. The van der Waals surface area contributed by atoms with Crippen molar-refractivity contribution in [3.8, 4) is 0 Å². The molecule has 15 nitrogen and oxygen atoms in total. The highest BCUT2D eigenvalue weighted by Gasteiger charge is 2.47. The Morgan fingerprint density at radius 1 is 1.09 bits per heavy atom. The van der Waals surface area contributed by atoms with E-state index in [1.54, 1.807) is 18.2 Å². The summed E-state index contributed by atoms with van der Waals surface area (Å²) in [5, 5.41) is 24.1. The molecule has 0 saturated carbocycles. The highest BCUT2D eigenvalue weighted by atomic mass is 31.2. The Kier molecular flexibility index (Phi) is 12.5. The predicted molar refractivity (Wildman–Crippen MR) is 111 cm³/mol. The molecule has 0 amide bonds. The molecule has 0 aromatic heterocycles. The minimum absolute atomic E-state index is 0.0368. The molecule has 0 radical (unpaired) electrons. The van der Waals surface area contributed by atoms with Crippen molar-refractivity contribution in [3.05, 3.63) is 46.3 Å². The van der Waals surface area contributed by atoms with Crippen LogP contribution in [-0.2, 0) is 32.8 Å². The summed E-state index contributed by atoms with van der Waals surface area (Å²) in [4.78, 5) is 36.6. The lowest BCUT2D eigenvalue weighted by atomic mass is 9.99. The molecule has 35 heavy (non-hydrogen) atoms. The summed E-state index contributed by atoms with van der Waals surface area (Å²) in [6.07, 6.45) is -7.92. The molecule has 1 aliphatic heterocycles. The molecule has 196 valence electrons. The molecular formula is C19H26N3O12P-2. The van der Waals surface area contributed by atoms with Gasteiger partial charge in [-0.2, -0.15) is 0 Å². The van der Waals surface area contributed by atoms with Crippen LogP contribution in [0.2, 0.25) is 0 Å². The molecule has 0 bridgehead atoms. The van der Waals surface area contributed by atoms with Crippen LogP contribution >= 0.6 is 7.82 Å². The summed E-state index contributed by atoms with van der Waals surface area (Å²) in [6, 6.07) is 7.84. The van der Waals surface area contributed by atoms with Gasteiger partial charge in [-0.25, -0.2) is 4.79 Å². The van der Waals surface area contributed by atoms with E-state index in [4.69, 9.17) is 29.2 Å². The van der Waals surface area contributed by atoms with E-state index in [0.717, 1.165) is 0 Å². The van der Waals surface area contributed by atoms with E-state index in [0.29, 0.717) is 0 Å². The maximum atomic E-state index is 12.5. The first-order chi connectivity index (χ1) is 16.7. The molecule has 2 rings (SSSR count). The third-order valence-electron chi connectivity index (χ3n) is 4.57. The number of azide groups is 1. The van der Waals surface area contributed by atoms with Gasteiger partial charge in [0.05, 0.1) is 53.0 Å². The van der Waals surface area contributed by atoms with Crippen molar-refractivity contribution in [2.24, 2.45) is 5.11 Å². The SMILES string of the molecule is [N-]=[N+]=NCCOCCOCCO[C@H]1OC(COP(=O)([O-])[O-])[C@@H](O)[C@H](O)C1OC(=O)c1ccccc1. The standard InChI is InChI=1S/C19H28N3O12P/c20-22-21-6-7-29-8-9-30-10-11-31-19-17(34-18(25)13-4-2-1-3-5-13)16(24)15(23)14(33-19)12-32-35(26,27)28/h1-5,14-17,19,23-24H,6-12H2,(H2,26,27,28)/p-2/t14?,15-,16+,17?,19+/m1/s1. The molecule has 2 unspecified atom stereocenters. The average molecular weight is 519 g/mol. The van der Waals surface area contributed by atoms with Crippen molar-refractivity contribution in [2.75, 3.05) is 46.2 Å². The lowest BCUT2D eigenvalue weighted by Crippen LogP contribution is -2.60. The quantitative estimate of drug-likeness (QED) is 0.0700. The van der Waals surface area contributed by atoms with Crippen LogP contribution in [0.5, 0.6) is 0 Å². The van der Waals surface area contributed by atoms with Crippen LogP contribution in [-0.4, -0.2) is 93.1 Å². The minimum atomic E-state index is -5.38. The predicted octanol–water partition coefficient (Wildman–Crippen LogP) is -1.14. The summed E-state index contributed by atoms with van der Waals surface area (Å²) in [6.45, 7) is -0.113. The van der Waals surface area contributed by atoms with Crippen LogP contribution in [0.3, 0.4) is 0 Å². The molecule has 1 aliphatic rings. The molecule has 1 aromatic carbocycles. The van der Waals surface area contributed by atoms with Crippen molar-refractivity contribution in [2.45, 2.75) is 30.7 Å². The fraction of sp³-hybridized carbons (Fsp3) is 0.632. The van der Waals surface area contributed by atoms with Gasteiger partial charge in [0.15, 0.2) is 12.4 Å². The number of nitrogens with zero attached hydrogens (tertiary/aromatic N) is 3. The summed E-state index contributed by atoms with van der Waals surface area (Å²) >= 11 is 0. The van der Waals surface area contributed by atoms with Crippen LogP contribution in [0.1, 0.15) is 10.4 Å². The number of aliphatic hydroxyl groups excluding tert-OH is 2. The van der Waals surface area contributed by atoms with Crippen LogP contribution < -0.4 is 9.79 Å². The van der Waals surface area contributed by atoms with E-state index in [1.165, 1.54) is 12.1 Å². The van der Waals surface area contributed by atoms with E-state index in [2.05, 4.69) is 14.5 Å². The fourth-order valence-corrected chi connectivity index (χ4v) is 3.26. The zero-order valence-electron chi connectivity index (χ0n) is 18.5. The number of hydrogen-bond acceptors (Lipinski definition) is 13. The Morgan fingerprint density at radius 2 is 1.74 bits per heavy atom. The Hall–Kier alpha value is -2.13. The van der Waals surface area contributed by atoms with Gasteiger partial charge in [-0.1, -0.05) is 23.3 Å². The summed E-state index contributed by atoms with van der Waals surface area (Å²) in [5.74, 6) is -0.827. The van der Waals surface area contributed by atoms with Gasteiger partial charge in [-0.15, -0.1) is 0 Å². The third-order valence-corrected chi connectivity index (χ3v) is 5.04. The average Bonchev–Trinajstić information content (AvgIpc) is 2.83. The lowest BCUT2D eigenvalue weighted by Gasteiger charge is -2.42. The number of hydrogen-bond donors (Lipinski definition) is 2. The third kappa shape index (κ3) is 10.6. The first kappa shape index (κ1) is 29.1. The summed E-state index contributed by atoms with van der Waals surface area (Å²) < 4.78 is 41.6. The second-order valence-corrected chi connectivity index (χ2v) is 8.21. The van der Waals surface area contributed by atoms with Crippen LogP contribution in [0.15, 0.2) is 35.4 Å². The number of aliphatic hydroxyl groups is 2. The molecule has 0 aliphatic carbocycles. The number of rotatable bonds is 15. The number of carbonyl (C=O) groups is 1. The lowest BCUT2D eigenvalue weighted by molar-refractivity contribution is -0.348. The zero-order valence-corrected chi connectivity index (χ0v) is 19.4. The van der Waals surface area contributed by atoms with E-state index in [-0.39, 0.29) is 45.1 Å². The van der Waals surface area contributed by atoms with Crippen LogP contribution in [0.4, 0.5) is 0 Å². The second kappa shape index (κ2) is 15.1. The molecule has 1 heterocycles. The Balaban J connectivity index is 1.93. The first-order valence-corrected chi connectivity index (χ1v) is 11.9. The number of phosphoric ester groups is 1. The van der Waals surface area contributed by atoms with Gasteiger partial charge < -0.3 is 52.8 Å². The van der Waals surface area contributed by atoms with Crippen molar-refractivity contribution in [3.63, 3.8) is 0 Å².